The Labute approximate surface area is 147 Å². The number of ether oxygens (including phenoxy) is 3. The fourth-order valence-electron chi connectivity index (χ4n) is 4.51. The van der Waals surface area contributed by atoms with Crippen LogP contribution in [-0.4, -0.2) is 33.4 Å². The Kier molecular flexibility index (Phi) is 4.88. The van der Waals surface area contributed by atoms with Crippen molar-refractivity contribution in [1.82, 2.24) is 5.32 Å². The lowest BCUT2D eigenvalue weighted by Crippen LogP contribution is -2.55. The van der Waals surface area contributed by atoms with Gasteiger partial charge in [-0.3, -0.25) is 4.79 Å². The minimum absolute atomic E-state index is 0.157. The average Bonchev–Trinajstić information content (AvgIpc) is 2.66. The summed E-state index contributed by atoms with van der Waals surface area (Å²) in [4.78, 5) is 24.5. The molecule has 1 saturated carbocycles. The van der Waals surface area contributed by atoms with Gasteiger partial charge in [0.15, 0.2) is 0 Å². The van der Waals surface area contributed by atoms with Crippen LogP contribution in [0.5, 0.6) is 5.75 Å². The number of nitrogens with one attached hydrogen (secondary N) is 1. The first-order valence-corrected chi connectivity index (χ1v) is 8.68. The lowest BCUT2D eigenvalue weighted by molar-refractivity contribution is -0.143. The van der Waals surface area contributed by atoms with E-state index >= 15 is 0 Å². The summed E-state index contributed by atoms with van der Waals surface area (Å²) in [7, 11) is 4.40. The Hall–Kier alpha value is -2.24. The maximum atomic E-state index is 12.4. The van der Waals surface area contributed by atoms with E-state index in [1.807, 2.05) is 18.2 Å². The van der Waals surface area contributed by atoms with Gasteiger partial charge in [-0.25, -0.2) is 4.79 Å². The summed E-state index contributed by atoms with van der Waals surface area (Å²) in [6, 6.07) is 5.71. The fraction of sp³-hybridized carbons (Fsp3) is 0.579. The van der Waals surface area contributed by atoms with Crippen molar-refractivity contribution in [3.8, 4) is 5.75 Å². The Morgan fingerprint density at radius 2 is 1.96 bits per heavy atom. The molecule has 3 atom stereocenters. The summed E-state index contributed by atoms with van der Waals surface area (Å²) in [6.45, 7) is 0. The zero-order valence-corrected chi connectivity index (χ0v) is 15.0. The number of esters is 1. The predicted octanol–water partition coefficient (Wildman–Crippen LogP) is 3.10. The molecule has 1 aromatic carbocycles. The third kappa shape index (κ3) is 2.94. The van der Waals surface area contributed by atoms with Crippen LogP contribution in [0.1, 0.15) is 49.1 Å². The minimum atomic E-state index is -0.528. The van der Waals surface area contributed by atoms with E-state index < -0.39 is 11.6 Å². The number of benzene rings is 1. The second kappa shape index (κ2) is 6.94. The van der Waals surface area contributed by atoms with Crippen LogP contribution in [0.4, 0.5) is 4.79 Å². The van der Waals surface area contributed by atoms with Crippen LogP contribution in [0.25, 0.3) is 0 Å². The number of methoxy groups -OCH3 is 3. The molecule has 0 aliphatic heterocycles. The molecule has 0 aromatic heterocycles. The zero-order valence-electron chi connectivity index (χ0n) is 15.0. The van der Waals surface area contributed by atoms with Gasteiger partial charge in [-0.1, -0.05) is 18.9 Å². The first kappa shape index (κ1) is 17.6. The van der Waals surface area contributed by atoms with E-state index in [4.69, 9.17) is 14.2 Å². The SMILES string of the molecule is COC(=O)NC12CCCCC1CC(C(=O)OC)c1ccc(OC)cc12. The maximum absolute atomic E-state index is 12.4. The van der Waals surface area contributed by atoms with Crippen LogP contribution in [0.3, 0.4) is 0 Å². The van der Waals surface area contributed by atoms with Crippen molar-refractivity contribution in [3.63, 3.8) is 0 Å². The molecule has 6 nitrogen and oxygen atoms in total. The molecule has 1 fully saturated rings. The number of carbonyl (C=O) groups is 2. The standard InChI is InChI=1S/C19H25NO5/c1-23-13-7-8-14-15(17(21)24-2)10-12-6-4-5-9-19(12,16(14)11-13)20-18(22)25-3/h7-8,11-12,15H,4-6,9-10H2,1-3H3,(H,20,22). The highest BCUT2D eigenvalue weighted by Crippen LogP contribution is 2.53. The molecule has 0 heterocycles. The van der Waals surface area contributed by atoms with Crippen molar-refractivity contribution in [2.75, 3.05) is 21.3 Å². The molecule has 6 heteroatoms. The molecule has 0 radical (unpaired) electrons. The summed E-state index contributed by atoms with van der Waals surface area (Å²) >= 11 is 0. The van der Waals surface area contributed by atoms with E-state index in [2.05, 4.69) is 5.32 Å². The van der Waals surface area contributed by atoms with Crippen molar-refractivity contribution in [1.29, 1.82) is 0 Å². The zero-order chi connectivity index (χ0) is 18.0. The maximum Gasteiger partial charge on any atom is 0.407 e. The van der Waals surface area contributed by atoms with Gasteiger partial charge in [0, 0.05) is 0 Å². The molecule has 1 N–H and O–H groups in total. The number of hydrogen-bond acceptors (Lipinski definition) is 5. The van der Waals surface area contributed by atoms with E-state index in [9.17, 15) is 9.59 Å². The quantitative estimate of drug-likeness (QED) is 0.851. The molecular weight excluding hydrogens is 322 g/mol. The van der Waals surface area contributed by atoms with Crippen LogP contribution in [0.2, 0.25) is 0 Å². The third-order valence-corrected chi connectivity index (χ3v) is 5.70. The average molecular weight is 347 g/mol. The third-order valence-electron chi connectivity index (χ3n) is 5.70. The van der Waals surface area contributed by atoms with Crippen molar-refractivity contribution >= 4 is 12.1 Å². The Morgan fingerprint density at radius 3 is 2.64 bits per heavy atom. The van der Waals surface area contributed by atoms with E-state index in [0.717, 1.165) is 36.8 Å². The van der Waals surface area contributed by atoms with Gasteiger partial charge in [0.1, 0.15) is 5.75 Å². The first-order valence-electron chi connectivity index (χ1n) is 8.68. The molecule has 3 rings (SSSR count). The van der Waals surface area contributed by atoms with Gasteiger partial charge in [0.25, 0.3) is 0 Å². The largest absolute Gasteiger partial charge is 0.497 e. The van der Waals surface area contributed by atoms with Crippen molar-refractivity contribution in [2.24, 2.45) is 5.92 Å². The first-order chi connectivity index (χ1) is 12.1. The Morgan fingerprint density at radius 1 is 1.16 bits per heavy atom. The summed E-state index contributed by atoms with van der Waals surface area (Å²) in [5.74, 6) is 0.314. The number of fused-ring (bicyclic) bond motifs is 3. The highest BCUT2D eigenvalue weighted by Gasteiger charge is 2.51. The van der Waals surface area contributed by atoms with E-state index in [0.29, 0.717) is 12.2 Å². The number of amides is 1. The summed E-state index contributed by atoms with van der Waals surface area (Å²) in [5.41, 5.74) is 1.32. The summed E-state index contributed by atoms with van der Waals surface area (Å²) < 4.78 is 15.3. The number of rotatable bonds is 3. The Bertz CT molecular complexity index is 674. The Balaban J connectivity index is 2.16. The topological polar surface area (TPSA) is 73.9 Å². The molecule has 1 aromatic rings. The molecule has 2 aliphatic carbocycles. The monoisotopic (exact) mass is 347 g/mol. The lowest BCUT2D eigenvalue weighted by atomic mass is 9.59. The molecule has 2 aliphatic rings. The van der Waals surface area contributed by atoms with Crippen molar-refractivity contribution in [3.05, 3.63) is 29.3 Å². The number of hydrogen-bond donors (Lipinski definition) is 1. The van der Waals surface area contributed by atoms with Crippen molar-refractivity contribution in [2.45, 2.75) is 43.6 Å². The molecule has 0 spiro atoms. The van der Waals surface area contributed by atoms with Crippen LogP contribution in [0, 0.1) is 5.92 Å². The van der Waals surface area contributed by atoms with Gasteiger partial charge in [0.05, 0.1) is 32.8 Å². The van der Waals surface area contributed by atoms with E-state index in [1.165, 1.54) is 14.2 Å². The summed E-state index contributed by atoms with van der Waals surface area (Å²) in [6.07, 6.45) is 4.09. The molecular formula is C19H25NO5. The molecule has 136 valence electrons. The van der Waals surface area contributed by atoms with Gasteiger partial charge in [-0.2, -0.15) is 0 Å². The van der Waals surface area contributed by atoms with Gasteiger partial charge < -0.3 is 19.5 Å². The van der Waals surface area contributed by atoms with Crippen LogP contribution in [-0.2, 0) is 19.8 Å². The molecule has 0 bridgehead atoms. The fourth-order valence-corrected chi connectivity index (χ4v) is 4.51. The van der Waals surface area contributed by atoms with Gasteiger partial charge in [-0.05, 0) is 48.4 Å². The number of carbonyl (C=O) groups excluding carboxylic acids is 2. The lowest BCUT2D eigenvalue weighted by Gasteiger charge is -2.50. The van der Waals surface area contributed by atoms with Crippen LogP contribution >= 0.6 is 0 Å². The second-order valence-electron chi connectivity index (χ2n) is 6.80. The van der Waals surface area contributed by atoms with Crippen LogP contribution in [0.15, 0.2) is 18.2 Å². The minimum Gasteiger partial charge on any atom is -0.497 e. The molecule has 3 unspecified atom stereocenters. The van der Waals surface area contributed by atoms with Crippen LogP contribution < -0.4 is 10.1 Å². The smallest absolute Gasteiger partial charge is 0.407 e. The van der Waals surface area contributed by atoms with E-state index in [-0.39, 0.29) is 17.8 Å². The summed E-state index contributed by atoms with van der Waals surface area (Å²) in [5, 5.41) is 3.10. The van der Waals surface area contributed by atoms with Gasteiger partial charge in [-0.15, -0.1) is 0 Å². The second-order valence-corrected chi connectivity index (χ2v) is 6.80. The van der Waals surface area contributed by atoms with Crippen molar-refractivity contribution < 1.29 is 23.8 Å². The van der Waals surface area contributed by atoms with Gasteiger partial charge >= 0.3 is 12.1 Å². The number of alkyl carbamates (subject to hydrolysis) is 1. The molecule has 0 saturated heterocycles. The highest BCUT2D eigenvalue weighted by atomic mass is 16.5. The normalized spacial score (nSPS) is 27.5. The highest BCUT2D eigenvalue weighted by molar-refractivity contribution is 5.80. The predicted molar refractivity (Wildman–Crippen MR) is 91.5 cm³/mol. The molecule has 1 amide bonds. The molecule has 25 heavy (non-hydrogen) atoms. The van der Waals surface area contributed by atoms with Gasteiger partial charge in [0.2, 0.25) is 0 Å². The van der Waals surface area contributed by atoms with E-state index in [1.54, 1.807) is 7.11 Å².